The Bertz CT molecular complexity index is 393. The third kappa shape index (κ3) is 4.23. The number of nitrogens with one attached hydrogen (secondary N) is 2. The maximum atomic E-state index is 11.8. The predicted octanol–water partition coefficient (Wildman–Crippen LogP) is 0.965. The van der Waals surface area contributed by atoms with Gasteiger partial charge in [-0.3, -0.25) is 4.79 Å². The number of amides is 1. The van der Waals surface area contributed by atoms with Gasteiger partial charge in [-0.25, -0.2) is 9.97 Å². The summed E-state index contributed by atoms with van der Waals surface area (Å²) in [5.41, 5.74) is 0.849. The fourth-order valence-corrected chi connectivity index (χ4v) is 1.98. The van der Waals surface area contributed by atoms with Crippen molar-refractivity contribution in [1.29, 1.82) is 0 Å². The van der Waals surface area contributed by atoms with Crippen molar-refractivity contribution in [1.82, 2.24) is 20.6 Å². The van der Waals surface area contributed by atoms with Gasteiger partial charge >= 0.3 is 0 Å². The largest absolute Gasteiger partial charge is 0.349 e. The molecule has 5 nitrogen and oxygen atoms in total. The lowest BCUT2D eigenvalue weighted by Crippen LogP contribution is -2.46. The van der Waals surface area contributed by atoms with E-state index in [0.29, 0.717) is 6.54 Å². The van der Waals surface area contributed by atoms with Crippen molar-refractivity contribution in [3.8, 4) is 0 Å². The topological polar surface area (TPSA) is 66.9 Å². The lowest BCUT2D eigenvalue weighted by molar-refractivity contribution is -0.123. The highest BCUT2D eigenvalue weighted by molar-refractivity contribution is 5.85. The Morgan fingerprint density at radius 1 is 1.56 bits per heavy atom. The van der Waals surface area contributed by atoms with Crippen LogP contribution in [0.25, 0.3) is 0 Å². The molecule has 2 rings (SSSR count). The number of nitrogens with zero attached hydrogens (tertiary/aromatic N) is 2. The number of halogens is 1. The Balaban J connectivity index is 0.00000162. The number of rotatable bonds is 3. The smallest absolute Gasteiger partial charge is 0.237 e. The molecule has 100 valence electrons. The summed E-state index contributed by atoms with van der Waals surface area (Å²) in [7, 11) is 0. The molecule has 0 unspecified atom stereocenters. The third-order valence-electron chi connectivity index (χ3n) is 2.90. The number of aryl methyl sites for hydroxylation is 1. The van der Waals surface area contributed by atoms with Crippen molar-refractivity contribution in [2.75, 3.05) is 6.54 Å². The molecule has 6 heteroatoms. The number of hydrogen-bond acceptors (Lipinski definition) is 4. The highest BCUT2D eigenvalue weighted by atomic mass is 35.5. The fourth-order valence-electron chi connectivity index (χ4n) is 1.98. The molecule has 1 atom stereocenters. The summed E-state index contributed by atoms with van der Waals surface area (Å²) in [5.74, 6) is 0.800. The van der Waals surface area contributed by atoms with E-state index in [9.17, 15) is 4.79 Å². The third-order valence-corrected chi connectivity index (χ3v) is 2.90. The van der Waals surface area contributed by atoms with Gasteiger partial charge in [0.2, 0.25) is 5.91 Å². The van der Waals surface area contributed by atoms with E-state index in [-0.39, 0.29) is 24.4 Å². The van der Waals surface area contributed by atoms with E-state index in [1.54, 1.807) is 6.20 Å². The number of carbonyl (C=O) groups excluding carboxylic acids is 1. The zero-order valence-corrected chi connectivity index (χ0v) is 11.3. The maximum Gasteiger partial charge on any atom is 0.237 e. The van der Waals surface area contributed by atoms with E-state index >= 15 is 0 Å². The van der Waals surface area contributed by atoms with Gasteiger partial charge in [-0.1, -0.05) is 6.42 Å². The van der Waals surface area contributed by atoms with Crippen molar-refractivity contribution >= 4 is 18.3 Å². The highest BCUT2D eigenvalue weighted by Gasteiger charge is 2.19. The second-order valence-electron chi connectivity index (χ2n) is 4.32. The molecule has 1 aliphatic heterocycles. The van der Waals surface area contributed by atoms with Gasteiger partial charge in [0.1, 0.15) is 5.82 Å². The van der Waals surface area contributed by atoms with E-state index in [2.05, 4.69) is 20.6 Å². The quantitative estimate of drug-likeness (QED) is 0.859. The number of piperidine rings is 1. The second kappa shape index (κ2) is 7.28. The van der Waals surface area contributed by atoms with Crippen LogP contribution < -0.4 is 10.6 Å². The van der Waals surface area contributed by atoms with Gasteiger partial charge in [0.15, 0.2) is 0 Å². The summed E-state index contributed by atoms with van der Waals surface area (Å²) in [4.78, 5) is 20.1. The predicted molar refractivity (Wildman–Crippen MR) is 71.5 cm³/mol. The Morgan fingerprint density at radius 2 is 2.39 bits per heavy atom. The van der Waals surface area contributed by atoms with Crippen LogP contribution in [-0.2, 0) is 11.3 Å². The zero-order valence-electron chi connectivity index (χ0n) is 10.5. The molecule has 0 aliphatic carbocycles. The van der Waals surface area contributed by atoms with Crippen LogP contribution >= 0.6 is 12.4 Å². The van der Waals surface area contributed by atoms with Gasteiger partial charge in [-0.15, -0.1) is 12.4 Å². The summed E-state index contributed by atoms with van der Waals surface area (Å²) in [6.45, 7) is 3.25. The molecule has 2 heterocycles. The molecule has 2 N–H and O–H groups in total. The summed E-state index contributed by atoms with van der Waals surface area (Å²) >= 11 is 0. The van der Waals surface area contributed by atoms with E-state index in [0.717, 1.165) is 37.3 Å². The molecular formula is C12H19ClN4O. The lowest BCUT2D eigenvalue weighted by Gasteiger charge is -2.22. The minimum Gasteiger partial charge on any atom is -0.349 e. The van der Waals surface area contributed by atoms with Crippen LogP contribution in [0.1, 0.15) is 30.8 Å². The molecule has 1 amide bonds. The van der Waals surface area contributed by atoms with Gasteiger partial charge < -0.3 is 10.6 Å². The van der Waals surface area contributed by atoms with E-state index in [1.807, 2.05) is 13.0 Å². The monoisotopic (exact) mass is 270 g/mol. The molecule has 0 aromatic carbocycles. The van der Waals surface area contributed by atoms with E-state index in [4.69, 9.17) is 0 Å². The highest BCUT2D eigenvalue weighted by Crippen LogP contribution is 2.07. The fraction of sp³-hybridized carbons (Fsp3) is 0.583. The molecule has 1 aliphatic rings. The van der Waals surface area contributed by atoms with Crippen LogP contribution in [0.3, 0.4) is 0 Å². The second-order valence-corrected chi connectivity index (χ2v) is 4.32. The minimum atomic E-state index is -0.0355. The van der Waals surface area contributed by atoms with Gasteiger partial charge in [0.25, 0.3) is 0 Å². The molecule has 1 fully saturated rings. The molecule has 0 bridgehead atoms. The number of hydrogen-bond donors (Lipinski definition) is 2. The molecule has 1 aromatic heterocycles. The first-order valence-corrected chi connectivity index (χ1v) is 6.05. The van der Waals surface area contributed by atoms with Crippen molar-refractivity contribution < 1.29 is 4.79 Å². The van der Waals surface area contributed by atoms with Gasteiger partial charge in [0.05, 0.1) is 18.3 Å². The van der Waals surface area contributed by atoms with Crippen molar-refractivity contribution in [2.45, 2.75) is 38.8 Å². The maximum absolute atomic E-state index is 11.8. The molecule has 18 heavy (non-hydrogen) atoms. The van der Waals surface area contributed by atoms with Crippen LogP contribution in [0.5, 0.6) is 0 Å². The van der Waals surface area contributed by atoms with E-state index < -0.39 is 0 Å². The lowest BCUT2D eigenvalue weighted by atomic mass is 10.0. The molecule has 1 aromatic rings. The first-order valence-electron chi connectivity index (χ1n) is 6.05. The van der Waals surface area contributed by atoms with Crippen LogP contribution in [-0.4, -0.2) is 28.5 Å². The van der Waals surface area contributed by atoms with Crippen molar-refractivity contribution in [3.63, 3.8) is 0 Å². The summed E-state index contributed by atoms with van der Waals surface area (Å²) in [6.07, 6.45) is 4.92. The Hall–Kier alpha value is -1.20. The first kappa shape index (κ1) is 14.9. The SMILES string of the molecule is Cc1nccc(CNC(=O)[C@@H]2CCCCN2)n1.Cl. The summed E-state index contributed by atoms with van der Waals surface area (Å²) in [6, 6.07) is 1.79. The zero-order chi connectivity index (χ0) is 12.1. The van der Waals surface area contributed by atoms with Gasteiger partial charge in [-0.05, 0) is 32.4 Å². The number of aromatic nitrogens is 2. The Morgan fingerprint density at radius 3 is 3.06 bits per heavy atom. The van der Waals surface area contributed by atoms with Crippen LogP contribution in [0.2, 0.25) is 0 Å². The van der Waals surface area contributed by atoms with E-state index in [1.165, 1.54) is 0 Å². The molecular weight excluding hydrogens is 252 g/mol. The van der Waals surface area contributed by atoms with Crippen LogP contribution in [0, 0.1) is 6.92 Å². The summed E-state index contributed by atoms with van der Waals surface area (Å²) in [5, 5.41) is 6.13. The van der Waals surface area contributed by atoms with Crippen LogP contribution in [0.15, 0.2) is 12.3 Å². The first-order chi connectivity index (χ1) is 8.25. The molecule has 1 saturated heterocycles. The Kier molecular flexibility index (Phi) is 6.01. The van der Waals surface area contributed by atoms with Crippen molar-refractivity contribution in [3.05, 3.63) is 23.8 Å². The molecule has 0 radical (unpaired) electrons. The molecule has 0 saturated carbocycles. The molecule has 0 spiro atoms. The average molecular weight is 271 g/mol. The minimum absolute atomic E-state index is 0. The number of carbonyl (C=O) groups is 1. The normalized spacial score (nSPS) is 18.8. The van der Waals surface area contributed by atoms with Crippen molar-refractivity contribution in [2.24, 2.45) is 0 Å². The van der Waals surface area contributed by atoms with Crippen LogP contribution in [0.4, 0.5) is 0 Å². The van der Waals surface area contributed by atoms with Gasteiger partial charge in [0, 0.05) is 6.20 Å². The Labute approximate surface area is 113 Å². The average Bonchev–Trinajstić information content (AvgIpc) is 2.37. The van der Waals surface area contributed by atoms with Gasteiger partial charge in [-0.2, -0.15) is 0 Å². The standard InChI is InChI=1S/C12H18N4O.ClH/c1-9-13-7-5-10(16-9)8-15-12(17)11-4-2-3-6-14-11;/h5,7,11,14H,2-4,6,8H2,1H3,(H,15,17);1H/t11-;/m0./s1. The summed E-state index contributed by atoms with van der Waals surface area (Å²) < 4.78 is 0.